The van der Waals surface area contributed by atoms with E-state index in [0.717, 1.165) is 16.8 Å². The lowest BCUT2D eigenvalue weighted by molar-refractivity contribution is -0.118. The van der Waals surface area contributed by atoms with Gasteiger partial charge in [0.15, 0.2) is 17.3 Å². The molecule has 6 heteroatoms. The molecule has 3 aromatic rings. The molecule has 4 nitrogen and oxygen atoms in total. The Morgan fingerprint density at radius 3 is 2.26 bits per heavy atom. The van der Waals surface area contributed by atoms with E-state index in [1.54, 1.807) is 42.5 Å². The van der Waals surface area contributed by atoms with Gasteiger partial charge >= 0.3 is 0 Å². The molecule has 0 bridgehead atoms. The molecular weight excluding hydrogens is 481 g/mol. The van der Waals surface area contributed by atoms with E-state index in [0.29, 0.717) is 26.7 Å². The number of hydrogen-bond donors (Lipinski definition) is 0. The Morgan fingerprint density at radius 2 is 1.63 bits per heavy atom. The Morgan fingerprint density at radius 1 is 0.943 bits per heavy atom. The molecule has 2 aliphatic heterocycles. The fourth-order valence-electron chi connectivity index (χ4n) is 6.32. The molecule has 0 N–H and O–H groups in total. The van der Waals surface area contributed by atoms with Crippen molar-refractivity contribution in [2.24, 2.45) is 5.41 Å². The van der Waals surface area contributed by atoms with Crippen LogP contribution in [-0.4, -0.2) is 29.4 Å². The number of ketones is 3. The molecule has 0 unspecified atom stereocenters. The number of benzene rings is 3. The molecule has 0 saturated carbocycles. The minimum Gasteiger partial charge on any atom is -0.352 e. The van der Waals surface area contributed by atoms with E-state index < -0.39 is 23.4 Å². The number of carbonyl (C=O) groups excluding carboxylic acids is 3. The van der Waals surface area contributed by atoms with Crippen LogP contribution in [0.4, 0.5) is 5.69 Å². The number of fused-ring (bicyclic) bond motifs is 5. The molecule has 0 aromatic heterocycles. The molecule has 1 aliphatic carbocycles. The summed E-state index contributed by atoms with van der Waals surface area (Å²) in [6, 6.07) is 16.6. The molecule has 1 fully saturated rings. The first-order chi connectivity index (χ1) is 16.8. The minimum atomic E-state index is -1.53. The third kappa shape index (κ3) is 2.84. The van der Waals surface area contributed by atoms with Crippen LogP contribution in [0.25, 0.3) is 6.08 Å². The number of hydrogen-bond acceptors (Lipinski definition) is 4. The summed E-state index contributed by atoms with van der Waals surface area (Å²) < 4.78 is 0. The number of Topliss-reactive ketones (excluding diaryl/α,β-unsaturated/α-hetero) is 3. The van der Waals surface area contributed by atoms with Crippen LogP contribution in [0.3, 0.4) is 0 Å². The molecule has 2 heterocycles. The van der Waals surface area contributed by atoms with Gasteiger partial charge in [-0.1, -0.05) is 77.8 Å². The van der Waals surface area contributed by atoms with Crippen molar-refractivity contribution in [3.63, 3.8) is 0 Å². The predicted molar refractivity (Wildman–Crippen MR) is 138 cm³/mol. The van der Waals surface area contributed by atoms with Crippen molar-refractivity contribution in [1.82, 2.24) is 0 Å². The van der Waals surface area contributed by atoms with E-state index in [9.17, 15) is 14.4 Å². The van der Waals surface area contributed by atoms with Gasteiger partial charge in [-0.05, 0) is 48.7 Å². The Hall–Kier alpha value is -3.21. The van der Waals surface area contributed by atoms with E-state index in [2.05, 4.69) is 0 Å². The second kappa shape index (κ2) is 7.64. The summed E-state index contributed by atoms with van der Waals surface area (Å²) in [5.74, 6) is -1.47. The zero-order chi connectivity index (χ0) is 24.6. The van der Waals surface area contributed by atoms with Crippen LogP contribution < -0.4 is 4.90 Å². The predicted octanol–water partition coefficient (Wildman–Crippen LogP) is 6.32. The second-order valence-electron chi connectivity index (χ2n) is 9.55. The highest BCUT2D eigenvalue weighted by Gasteiger charge is 2.71. The first kappa shape index (κ1) is 22.3. The highest BCUT2D eigenvalue weighted by Crippen LogP contribution is 2.61. The van der Waals surface area contributed by atoms with Gasteiger partial charge in [-0.2, -0.15) is 0 Å². The number of aryl methyl sites for hydroxylation is 1. The second-order valence-corrected chi connectivity index (χ2v) is 10.4. The van der Waals surface area contributed by atoms with Crippen molar-refractivity contribution in [3.05, 3.63) is 105 Å². The highest BCUT2D eigenvalue weighted by molar-refractivity contribution is 6.36. The topological polar surface area (TPSA) is 54.5 Å². The zero-order valence-electron chi connectivity index (χ0n) is 19.1. The van der Waals surface area contributed by atoms with Crippen molar-refractivity contribution in [2.45, 2.75) is 31.8 Å². The molecule has 3 aromatic carbocycles. The van der Waals surface area contributed by atoms with Crippen LogP contribution in [0.2, 0.25) is 10.0 Å². The van der Waals surface area contributed by atoms with Crippen LogP contribution in [0.5, 0.6) is 0 Å². The van der Waals surface area contributed by atoms with Gasteiger partial charge in [-0.3, -0.25) is 14.4 Å². The quantitative estimate of drug-likeness (QED) is 0.385. The third-order valence-electron chi connectivity index (χ3n) is 7.68. The van der Waals surface area contributed by atoms with E-state index in [-0.39, 0.29) is 17.3 Å². The van der Waals surface area contributed by atoms with E-state index in [1.165, 1.54) is 6.92 Å². The first-order valence-corrected chi connectivity index (χ1v) is 12.2. The Labute approximate surface area is 213 Å². The Bertz CT molecular complexity index is 1460. The van der Waals surface area contributed by atoms with Gasteiger partial charge < -0.3 is 4.90 Å². The lowest BCUT2D eigenvalue weighted by atomic mass is 9.64. The summed E-state index contributed by atoms with van der Waals surface area (Å²) >= 11 is 12.9. The van der Waals surface area contributed by atoms with Crippen LogP contribution in [0.15, 0.2) is 66.7 Å². The summed E-state index contributed by atoms with van der Waals surface area (Å²) in [5.41, 5.74) is 2.61. The first-order valence-electron chi connectivity index (χ1n) is 11.5. The van der Waals surface area contributed by atoms with Crippen molar-refractivity contribution >= 4 is 52.3 Å². The van der Waals surface area contributed by atoms with Gasteiger partial charge in [0.05, 0.1) is 12.1 Å². The molecule has 0 radical (unpaired) electrons. The fraction of sp³-hybridized carbons (Fsp3) is 0.207. The van der Waals surface area contributed by atoms with Crippen molar-refractivity contribution in [2.75, 3.05) is 4.90 Å². The average molecular weight is 502 g/mol. The number of anilines is 1. The van der Waals surface area contributed by atoms with Crippen molar-refractivity contribution in [1.29, 1.82) is 0 Å². The molecule has 174 valence electrons. The van der Waals surface area contributed by atoms with Crippen LogP contribution in [-0.2, 0) is 4.79 Å². The van der Waals surface area contributed by atoms with Crippen LogP contribution >= 0.6 is 23.2 Å². The van der Waals surface area contributed by atoms with E-state index in [4.69, 9.17) is 23.2 Å². The molecule has 3 aliphatic rings. The van der Waals surface area contributed by atoms with Gasteiger partial charge in [0.1, 0.15) is 5.41 Å². The summed E-state index contributed by atoms with van der Waals surface area (Å²) in [4.78, 5) is 44.1. The highest BCUT2D eigenvalue weighted by atomic mass is 35.5. The molecule has 3 atom stereocenters. The Balaban J connectivity index is 1.71. The molecule has 1 spiro atoms. The van der Waals surface area contributed by atoms with E-state index >= 15 is 0 Å². The van der Waals surface area contributed by atoms with Gasteiger partial charge in [0.2, 0.25) is 0 Å². The monoisotopic (exact) mass is 501 g/mol. The largest absolute Gasteiger partial charge is 0.352 e. The number of carbonyl (C=O) groups is 3. The number of rotatable bonds is 2. The lowest BCUT2D eigenvalue weighted by Gasteiger charge is -2.37. The average Bonchev–Trinajstić information content (AvgIpc) is 3.26. The molecule has 35 heavy (non-hydrogen) atoms. The molecule has 0 amide bonds. The minimum absolute atomic E-state index is 0.137. The summed E-state index contributed by atoms with van der Waals surface area (Å²) in [6.07, 6.45) is 3.85. The maximum Gasteiger partial charge on any atom is 0.180 e. The fourth-order valence-corrected chi connectivity index (χ4v) is 6.85. The normalized spacial score (nSPS) is 23.4. The third-order valence-corrected chi connectivity index (χ3v) is 8.24. The standard InChI is InChI=1S/C29H21Cl2NO3/c1-15-7-8-17-9-12-24-29(27(34)19-5-3-4-6-20(19)28(29)35)25(21-11-10-18(30)14-22(21)31)26(16(2)33)32(24)23(17)13-15/h3-14,24-26H,1-2H3/t24-,25+,26-/m1/s1. The summed E-state index contributed by atoms with van der Waals surface area (Å²) in [6.45, 7) is 3.50. The molecular formula is C29H21Cl2NO3. The van der Waals surface area contributed by atoms with Crippen molar-refractivity contribution < 1.29 is 14.4 Å². The van der Waals surface area contributed by atoms with Crippen LogP contribution in [0, 0.1) is 12.3 Å². The molecule has 1 saturated heterocycles. The SMILES string of the molecule is CC(=O)[C@@H]1[C@H](c2ccc(Cl)cc2Cl)C2(C(=O)c3ccccc3C2=O)[C@H]2C=Cc3ccc(C)cc3N12. The maximum atomic E-state index is 14.3. The zero-order valence-corrected chi connectivity index (χ0v) is 20.6. The summed E-state index contributed by atoms with van der Waals surface area (Å²) in [7, 11) is 0. The maximum absolute atomic E-state index is 14.3. The Kier molecular flexibility index (Phi) is 4.86. The molecule has 6 rings (SSSR count). The van der Waals surface area contributed by atoms with E-state index in [1.807, 2.05) is 42.2 Å². The van der Waals surface area contributed by atoms with Gasteiger partial charge in [0, 0.05) is 32.8 Å². The smallest absolute Gasteiger partial charge is 0.180 e. The van der Waals surface area contributed by atoms with Crippen molar-refractivity contribution in [3.8, 4) is 0 Å². The van der Waals surface area contributed by atoms with Gasteiger partial charge in [0.25, 0.3) is 0 Å². The van der Waals surface area contributed by atoms with Crippen LogP contribution in [0.1, 0.15) is 50.2 Å². The number of halogens is 2. The number of nitrogens with zero attached hydrogens (tertiary/aromatic N) is 1. The lowest BCUT2D eigenvalue weighted by Crippen LogP contribution is -2.48. The summed E-state index contributed by atoms with van der Waals surface area (Å²) in [5, 5.41) is 0.772. The van der Waals surface area contributed by atoms with Gasteiger partial charge in [-0.15, -0.1) is 0 Å². The van der Waals surface area contributed by atoms with Gasteiger partial charge in [-0.25, -0.2) is 0 Å².